The zero-order chi connectivity index (χ0) is 30.1. The van der Waals surface area contributed by atoms with Gasteiger partial charge in [0, 0.05) is 13.0 Å². The first kappa shape index (κ1) is 33.8. The maximum Gasteiger partial charge on any atom is 0.326 e. The van der Waals surface area contributed by atoms with Crippen LogP contribution in [0.1, 0.15) is 44.1 Å². The first-order valence-corrected chi connectivity index (χ1v) is 12.9. The SMILES string of the molecule is NCCCCC(N)C(=O)NC(Cc1ccccc1)C(=O)NC(CC(N)=O)C(=O)NC(CCCN=C(N)N)C(=O)O. The third-order valence-electron chi connectivity index (χ3n) is 5.82. The predicted molar refractivity (Wildman–Crippen MR) is 148 cm³/mol. The molecule has 14 N–H and O–H groups in total. The summed E-state index contributed by atoms with van der Waals surface area (Å²) in [6.45, 7) is 0.592. The normalized spacial score (nSPS) is 13.7. The van der Waals surface area contributed by atoms with E-state index in [9.17, 15) is 29.1 Å². The van der Waals surface area contributed by atoms with Crippen molar-refractivity contribution in [3.05, 3.63) is 35.9 Å². The Balaban J connectivity index is 3.04. The third kappa shape index (κ3) is 13.5. The standard InChI is InChI=1S/C25H41N9O6/c26-11-5-4-9-16(27)21(36)33-18(13-15-7-2-1-3-8-15)22(37)34-19(14-20(28)35)23(38)32-17(24(39)40)10-6-12-31-25(29)30/h1-3,7-8,16-19H,4-6,9-14,26-27H2,(H2,28,35)(H,32,38)(H,33,36)(H,34,37)(H,39,40)(H4,29,30,31). The number of carbonyl (C=O) groups is 5. The van der Waals surface area contributed by atoms with Gasteiger partial charge in [-0.1, -0.05) is 36.8 Å². The minimum absolute atomic E-state index is 0.0240. The van der Waals surface area contributed by atoms with Crippen molar-refractivity contribution >= 4 is 35.6 Å². The summed E-state index contributed by atoms with van der Waals surface area (Å²) in [6.07, 6.45) is 1.32. The second kappa shape index (κ2) is 18.1. The molecule has 0 aliphatic heterocycles. The van der Waals surface area contributed by atoms with Gasteiger partial charge in [-0.15, -0.1) is 0 Å². The van der Waals surface area contributed by atoms with Gasteiger partial charge in [-0.05, 0) is 37.8 Å². The minimum Gasteiger partial charge on any atom is -0.480 e. The zero-order valence-corrected chi connectivity index (χ0v) is 22.4. The second-order valence-corrected chi connectivity index (χ2v) is 9.22. The number of nitrogens with zero attached hydrogens (tertiary/aromatic N) is 1. The van der Waals surface area contributed by atoms with Crippen molar-refractivity contribution < 1.29 is 29.1 Å². The van der Waals surface area contributed by atoms with E-state index in [0.717, 1.165) is 0 Å². The van der Waals surface area contributed by atoms with Crippen LogP contribution in [0.15, 0.2) is 35.3 Å². The number of nitrogens with two attached hydrogens (primary N) is 5. The highest BCUT2D eigenvalue weighted by molar-refractivity contribution is 5.96. The number of hydrogen-bond donors (Lipinski definition) is 9. The van der Waals surface area contributed by atoms with Crippen LogP contribution in [0.2, 0.25) is 0 Å². The van der Waals surface area contributed by atoms with Crippen molar-refractivity contribution in [2.45, 2.75) is 69.1 Å². The fourth-order valence-electron chi connectivity index (χ4n) is 3.69. The largest absolute Gasteiger partial charge is 0.480 e. The van der Waals surface area contributed by atoms with Gasteiger partial charge in [-0.3, -0.25) is 24.2 Å². The van der Waals surface area contributed by atoms with Crippen molar-refractivity contribution in [3.63, 3.8) is 0 Å². The van der Waals surface area contributed by atoms with Gasteiger partial charge in [0.2, 0.25) is 23.6 Å². The Morgan fingerprint density at radius 1 is 0.800 bits per heavy atom. The minimum atomic E-state index is -1.50. The van der Waals surface area contributed by atoms with Gasteiger partial charge in [0.15, 0.2) is 5.96 Å². The van der Waals surface area contributed by atoms with Crippen LogP contribution in [0.5, 0.6) is 0 Å². The van der Waals surface area contributed by atoms with E-state index >= 15 is 0 Å². The van der Waals surface area contributed by atoms with Crippen LogP contribution in [0.25, 0.3) is 0 Å². The number of carbonyl (C=O) groups excluding carboxylic acids is 4. The van der Waals surface area contributed by atoms with Crippen LogP contribution in [0.3, 0.4) is 0 Å². The molecule has 1 aromatic rings. The smallest absolute Gasteiger partial charge is 0.326 e. The summed E-state index contributed by atoms with van der Waals surface area (Å²) in [6, 6.07) is 3.90. The topological polar surface area (TPSA) is 284 Å². The molecule has 0 spiro atoms. The molecule has 4 amide bonds. The molecule has 1 aromatic carbocycles. The second-order valence-electron chi connectivity index (χ2n) is 9.22. The number of rotatable bonds is 19. The molecule has 222 valence electrons. The Labute approximate surface area is 232 Å². The summed E-state index contributed by atoms with van der Waals surface area (Å²) in [5.41, 5.74) is 28.0. The molecule has 0 aromatic heterocycles. The Hall–Kier alpha value is -4.24. The third-order valence-corrected chi connectivity index (χ3v) is 5.82. The monoisotopic (exact) mass is 563 g/mol. The Bertz CT molecular complexity index is 1020. The van der Waals surface area contributed by atoms with E-state index in [4.69, 9.17) is 28.7 Å². The highest BCUT2D eigenvalue weighted by Gasteiger charge is 2.31. The van der Waals surface area contributed by atoms with Crippen LogP contribution in [0.4, 0.5) is 0 Å². The molecule has 15 nitrogen and oxygen atoms in total. The molecule has 0 aliphatic carbocycles. The van der Waals surface area contributed by atoms with Crippen molar-refractivity contribution in [2.75, 3.05) is 13.1 Å². The Kier molecular flexibility index (Phi) is 15.3. The lowest BCUT2D eigenvalue weighted by atomic mass is 10.0. The van der Waals surface area contributed by atoms with Gasteiger partial charge in [0.1, 0.15) is 18.1 Å². The number of hydrogen-bond acceptors (Lipinski definition) is 8. The first-order valence-electron chi connectivity index (χ1n) is 12.9. The zero-order valence-electron chi connectivity index (χ0n) is 22.4. The van der Waals surface area contributed by atoms with Crippen LogP contribution in [-0.2, 0) is 30.4 Å². The van der Waals surface area contributed by atoms with Crippen molar-refractivity contribution in [1.29, 1.82) is 0 Å². The number of amides is 4. The lowest BCUT2D eigenvalue weighted by Crippen LogP contribution is -2.58. The van der Waals surface area contributed by atoms with Gasteiger partial charge in [0.25, 0.3) is 0 Å². The number of carboxylic acid groups (broad SMARTS) is 1. The Morgan fingerprint density at radius 3 is 1.98 bits per heavy atom. The number of aliphatic imine (C=N–C) groups is 1. The number of unbranched alkanes of at least 4 members (excludes halogenated alkanes) is 1. The highest BCUT2D eigenvalue weighted by atomic mass is 16.4. The van der Waals surface area contributed by atoms with Crippen molar-refractivity contribution in [2.24, 2.45) is 33.7 Å². The maximum atomic E-state index is 13.3. The van der Waals surface area contributed by atoms with Gasteiger partial charge < -0.3 is 49.7 Å². The number of nitrogens with one attached hydrogen (secondary N) is 3. The molecule has 15 heteroatoms. The fraction of sp³-hybridized carbons (Fsp3) is 0.520. The molecule has 0 bridgehead atoms. The molecular weight excluding hydrogens is 522 g/mol. The summed E-state index contributed by atoms with van der Waals surface area (Å²) < 4.78 is 0. The number of carboxylic acids is 1. The van der Waals surface area contributed by atoms with Crippen LogP contribution in [-0.4, -0.2) is 77.9 Å². The molecule has 1 rings (SSSR count). The van der Waals surface area contributed by atoms with Crippen LogP contribution >= 0.6 is 0 Å². The van der Waals surface area contributed by atoms with Crippen LogP contribution < -0.4 is 44.6 Å². The fourth-order valence-corrected chi connectivity index (χ4v) is 3.69. The molecule has 4 unspecified atom stereocenters. The van der Waals surface area contributed by atoms with Gasteiger partial charge in [0.05, 0.1) is 12.5 Å². The van der Waals surface area contributed by atoms with Gasteiger partial charge in [-0.25, -0.2) is 4.79 Å². The van der Waals surface area contributed by atoms with Gasteiger partial charge >= 0.3 is 5.97 Å². The summed E-state index contributed by atoms with van der Waals surface area (Å²) in [7, 11) is 0. The summed E-state index contributed by atoms with van der Waals surface area (Å²) in [5, 5.41) is 16.8. The number of primary amides is 1. The van der Waals surface area contributed by atoms with E-state index in [0.29, 0.717) is 31.4 Å². The van der Waals surface area contributed by atoms with E-state index in [1.54, 1.807) is 30.3 Å². The Morgan fingerprint density at radius 2 is 1.40 bits per heavy atom. The quantitative estimate of drug-likeness (QED) is 0.0471. The number of aliphatic carboxylic acids is 1. The molecule has 0 fully saturated rings. The van der Waals surface area contributed by atoms with Crippen LogP contribution in [0, 0.1) is 0 Å². The molecular formula is C25H41N9O6. The van der Waals surface area contributed by atoms with E-state index in [1.165, 1.54) is 0 Å². The van der Waals surface area contributed by atoms with E-state index in [1.807, 2.05) is 0 Å². The first-order chi connectivity index (χ1) is 18.9. The lowest BCUT2D eigenvalue weighted by molar-refractivity contribution is -0.142. The molecule has 0 heterocycles. The lowest BCUT2D eigenvalue weighted by Gasteiger charge is -2.25. The molecule has 0 radical (unpaired) electrons. The molecule has 40 heavy (non-hydrogen) atoms. The summed E-state index contributed by atoms with van der Waals surface area (Å²) >= 11 is 0. The van der Waals surface area contributed by atoms with Gasteiger partial charge in [-0.2, -0.15) is 0 Å². The number of guanidine groups is 1. The van der Waals surface area contributed by atoms with Crippen molar-refractivity contribution in [3.8, 4) is 0 Å². The van der Waals surface area contributed by atoms with Crippen molar-refractivity contribution in [1.82, 2.24) is 16.0 Å². The number of benzene rings is 1. The van der Waals surface area contributed by atoms with E-state index < -0.39 is 60.2 Å². The molecule has 0 saturated carbocycles. The summed E-state index contributed by atoms with van der Waals surface area (Å²) in [4.78, 5) is 66.1. The average Bonchev–Trinajstić information content (AvgIpc) is 2.89. The molecule has 0 saturated heterocycles. The highest BCUT2D eigenvalue weighted by Crippen LogP contribution is 2.07. The molecule has 4 atom stereocenters. The van der Waals surface area contributed by atoms with E-state index in [2.05, 4.69) is 20.9 Å². The predicted octanol–water partition coefficient (Wildman–Crippen LogP) is -2.85. The summed E-state index contributed by atoms with van der Waals surface area (Å²) in [5.74, 6) is -4.70. The molecule has 0 aliphatic rings. The average molecular weight is 564 g/mol. The van der Waals surface area contributed by atoms with E-state index in [-0.39, 0.29) is 31.8 Å². The maximum absolute atomic E-state index is 13.3.